The van der Waals surface area contributed by atoms with Gasteiger partial charge in [0, 0.05) is 18.7 Å². The first-order valence-corrected chi connectivity index (χ1v) is 10.0. The van der Waals surface area contributed by atoms with E-state index in [2.05, 4.69) is 16.3 Å². The van der Waals surface area contributed by atoms with Crippen LogP contribution >= 0.6 is 0 Å². The predicted octanol–water partition coefficient (Wildman–Crippen LogP) is 3.30. The molecule has 0 spiro atoms. The minimum Gasteiger partial charge on any atom is -0.496 e. The van der Waals surface area contributed by atoms with Gasteiger partial charge >= 0.3 is 0 Å². The van der Waals surface area contributed by atoms with E-state index in [0.29, 0.717) is 13.0 Å². The zero-order valence-corrected chi connectivity index (χ0v) is 15.9. The number of hydrogen-bond acceptors (Lipinski definition) is 4. The van der Waals surface area contributed by atoms with E-state index in [1.54, 1.807) is 7.11 Å². The fourth-order valence-corrected chi connectivity index (χ4v) is 4.07. The summed E-state index contributed by atoms with van der Waals surface area (Å²) in [6, 6.07) is 8.32. The number of rotatable bonds is 7. The van der Waals surface area contributed by atoms with Crippen LogP contribution in [0.3, 0.4) is 0 Å². The summed E-state index contributed by atoms with van der Waals surface area (Å²) in [5, 5.41) is 3.16. The van der Waals surface area contributed by atoms with Crippen molar-refractivity contribution in [3.63, 3.8) is 0 Å². The summed E-state index contributed by atoms with van der Waals surface area (Å²) in [6.07, 6.45) is 7.56. The Kier molecular flexibility index (Phi) is 7.32. The molecule has 2 fully saturated rings. The van der Waals surface area contributed by atoms with E-state index in [-0.39, 0.29) is 18.1 Å². The molecule has 2 unspecified atom stereocenters. The number of benzene rings is 1. The van der Waals surface area contributed by atoms with Gasteiger partial charge in [0.15, 0.2) is 0 Å². The number of piperidine rings is 1. The molecule has 144 valence electrons. The minimum atomic E-state index is 0.0865. The van der Waals surface area contributed by atoms with Crippen molar-refractivity contribution in [2.75, 3.05) is 33.4 Å². The number of amides is 1. The molecule has 2 heterocycles. The van der Waals surface area contributed by atoms with Gasteiger partial charge in [-0.15, -0.1) is 0 Å². The Morgan fingerprint density at radius 1 is 1.23 bits per heavy atom. The predicted molar refractivity (Wildman–Crippen MR) is 102 cm³/mol. The van der Waals surface area contributed by atoms with Gasteiger partial charge in [0.1, 0.15) is 5.75 Å². The molecule has 0 aliphatic carbocycles. The Hall–Kier alpha value is -1.59. The lowest BCUT2D eigenvalue weighted by Crippen LogP contribution is -2.41. The highest BCUT2D eigenvalue weighted by Crippen LogP contribution is 2.31. The number of nitrogens with one attached hydrogen (secondary N) is 1. The van der Waals surface area contributed by atoms with Crippen molar-refractivity contribution in [3.8, 4) is 5.75 Å². The molecule has 2 aliphatic heterocycles. The van der Waals surface area contributed by atoms with Crippen LogP contribution in [0.25, 0.3) is 0 Å². The summed E-state index contributed by atoms with van der Waals surface area (Å²) < 4.78 is 11.3. The average Bonchev–Trinajstić information content (AvgIpc) is 2.70. The molecule has 0 aromatic heterocycles. The third-order valence-corrected chi connectivity index (χ3v) is 5.51. The van der Waals surface area contributed by atoms with Gasteiger partial charge in [0.25, 0.3) is 0 Å². The SMILES string of the molecule is COc1ccccc1C(CNC(=O)CC1CCCCO1)N1CCCCC1. The first-order chi connectivity index (χ1) is 12.8. The van der Waals surface area contributed by atoms with Gasteiger partial charge < -0.3 is 14.8 Å². The Morgan fingerprint density at radius 2 is 2.04 bits per heavy atom. The van der Waals surface area contributed by atoms with Crippen molar-refractivity contribution in [3.05, 3.63) is 29.8 Å². The first kappa shape index (κ1) is 19.2. The van der Waals surface area contributed by atoms with Gasteiger partial charge in [-0.05, 0) is 51.3 Å². The number of ether oxygens (including phenoxy) is 2. The largest absolute Gasteiger partial charge is 0.496 e. The van der Waals surface area contributed by atoms with Crippen LogP contribution in [0.15, 0.2) is 24.3 Å². The average molecular weight is 360 g/mol. The van der Waals surface area contributed by atoms with Gasteiger partial charge in [-0.2, -0.15) is 0 Å². The molecule has 1 amide bonds. The zero-order chi connectivity index (χ0) is 18.2. The molecule has 2 aliphatic rings. The van der Waals surface area contributed by atoms with Crippen molar-refractivity contribution < 1.29 is 14.3 Å². The van der Waals surface area contributed by atoms with Crippen LogP contribution in [0.4, 0.5) is 0 Å². The maximum absolute atomic E-state index is 12.4. The number of hydrogen-bond donors (Lipinski definition) is 1. The Balaban J connectivity index is 1.64. The van der Waals surface area contributed by atoms with Crippen molar-refractivity contribution in [2.24, 2.45) is 0 Å². The fourth-order valence-electron chi connectivity index (χ4n) is 4.07. The van der Waals surface area contributed by atoms with Crippen LogP contribution in [0, 0.1) is 0 Å². The van der Waals surface area contributed by atoms with Crippen molar-refractivity contribution in [2.45, 2.75) is 57.1 Å². The lowest BCUT2D eigenvalue weighted by atomic mass is 10.00. The number of nitrogens with zero attached hydrogens (tertiary/aromatic N) is 1. The molecule has 2 saturated heterocycles. The van der Waals surface area contributed by atoms with E-state index in [0.717, 1.165) is 50.3 Å². The van der Waals surface area contributed by atoms with Crippen LogP contribution in [-0.2, 0) is 9.53 Å². The Morgan fingerprint density at radius 3 is 2.77 bits per heavy atom. The first-order valence-electron chi connectivity index (χ1n) is 10.0. The monoisotopic (exact) mass is 360 g/mol. The maximum Gasteiger partial charge on any atom is 0.222 e. The molecule has 5 heteroatoms. The number of carbonyl (C=O) groups is 1. The van der Waals surface area contributed by atoms with Crippen molar-refractivity contribution >= 4 is 5.91 Å². The van der Waals surface area contributed by atoms with E-state index >= 15 is 0 Å². The number of likely N-dealkylation sites (tertiary alicyclic amines) is 1. The molecule has 1 aromatic carbocycles. The van der Waals surface area contributed by atoms with Crippen LogP contribution in [0.1, 0.15) is 56.6 Å². The number of methoxy groups -OCH3 is 1. The van der Waals surface area contributed by atoms with Gasteiger partial charge in [-0.1, -0.05) is 24.6 Å². The topological polar surface area (TPSA) is 50.8 Å². The second-order valence-electron chi connectivity index (χ2n) is 7.35. The Bertz CT molecular complexity index is 566. The molecule has 0 bridgehead atoms. The normalized spacial score (nSPS) is 22.6. The molecule has 1 N–H and O–H groups in total. The molecule has 26 heavy (non-hydrogen) atoms. The fraction of sp³-hybridized carbons (Fsp3) is 0.667. The van der Waals surface area contributed by atoms with Gasteiger partial charge in [-0.25, -0.2) is 0 Å². The van der Waals surface area contributed by atoms with Crippen LogP contribution < -0.4 is 10.1 Å². The molecular weight excluding hydrogens is 328 g/mol. The van der Waals surface area contributed by atoms with Crippen LogP contribution in [0.5, 0.6) is 5.75 Å². The molecule has 1 aromatic rings. The highest BCUT2D eigenvalue weighted by molar-refractivity contribution is 5.76. The third-order valence-electron chi connectivity index (χ3n) is 5.51. The van der Waals surface area contributed by atoms with E-state index in [1.807, 2.05) is 18.2 Å². The quantitative estimate of drug-likeness (QED) is 0.811. The van der Waals surface area contributed by atoms with E-state index in [4.69, 9.17) is 9.47 Å². The van der Waals surface area contributed by atoms with Crippen molar-refractivity contribution in [1.29, 1.82) is 0 Å². The summed E-state index contributed by atoms with van der Waals surface area (Å²) in [7, 11) is 1.71. The smallest absolute Gasteiger partial charge is 0.222 e. The second kappa shape index (κ2) is 9.93. The van der Waals surface area contributed by atoms with E-state index in [9.17, 15) is 4.79 Å². The minimum absolute atomic E-state index is 0.0865. The molecule has 3 rings (SSSR count). The van der Waals surface area contributed by atoms with Crippen molar-refractivity contribution in [1.82, 2.24) is 10.2 Å². The molecule has 5 nitrogen and oxygen atoms in total. The third kappa shape index (κ3) is 5.21. The van der Waals surface area contributed by atoms with Gasteiger partial charge in [0.05, 0.1) is 25.7 Å². The van der Waals surface area contributed by atoms with E-state index < -0.39 is 0 Å². The zero-order valence-electron chi connectivity index (χ0n) is 15.9. The van der Waals surface area contributed by atoms with Crippen LogP contribution in [0.2, 0.25) is 0 Å². The highest BCUT2D eigenvalue weighted by atomic mass is 16.5. The highest BCUT2D eigenvalue weighted by Gasteiger charge is 2.26. The molecule has 0 radical (unpaired) electrons. The summed E-state index contributed by atoms with van der Waals surface area (Å²) in [6.45, 7) is 3.55. The summed E-state index contributed by atoms with van der Waals surface area (Å²) in [4.78, 5) is 14.9. The molecule has 2 atom stereocenters. The standard InChI is InChI=1S/C21H32N2O3/c1-25-20-11-4-3-10-18(20)19(23-12-6-2-7-13-23)16-22-21(24)15-17-9-5-8-14-26-17/h3-4,10-11,17,19H,2,5-9,12-16H2,1H3,(H,22,24). The Labute approximate surface area is 157 Å². The molecule has 0 saturated carbocycles. The lowest BCUT2D eigenvalue weighted by Gasteiger charge is -2.35. The second-order valence-corrected chi connectivity index (χ2v) is 7.35. The summed E-state index contributed by atoms with van der Waals surface area (Å²) in [5.41, 5.74) is 1.16. The summed E-state index contributed by atoms with van der Waals surface area (Å²) >= 11 is 0. The van der Waals surface area contributed by atoms with Gasteiger partial charge in [-0.3, -0.25) is 9.69 Å². The number of para-hydroxylation sites is 1. The summed E-state index contributed by atoms with van der Waals surface area (Å²) in [5.74, 6) is 0.988. The van der Waals surface area contributed by atoms with Crippen LogP contribution in [-0.4, -0.2) is 50.3 Å². The van der Waals surface area contributed by atoms with E-state index in [1.165, 1.54) is 19.3 Å². The lowest BCUT2D eigenvalue weighted by molar-refractivity contribution is -0.125. The maximum atomic E-state index is 12.4. The number of carbonyl (C=O) groups excluding carboxylic acids is 1. The molecular formula is C21H32N2O3. The van der Waals surface area contributed by atoms with Gasteiger partial charge in [0.2, 0.25) is 5.91 Å².